The van der Waals surface area contributed by atoms with Gasteiger partial charge >= 0.3 is 11.9 Å². The van der Waals surface area contributed by atoms with E-state index in [1.54, 1.807) is 24.3 Å². The number of hydrogen-bond donors (Lipinski definition) is 1. The molecule has 8 heteroatoms. The second-order valence-electron chi connectivity index (χ2n) is 6.96. The number of carboxylic acids is 1. The third-order valence-corrected chi connectivity index (χ3v) is 3.84. The normalized spacial score (nSPS) is 10.4. The van der Waals surface area contributed by atoms with Crippen LogP contribution in [0.1, 0.15) is 22.5 Å². The van der Waals surface area contributed by atoms with Crippen LogP contribution in [0.25, 0.3) is 0 Å². The number of hydrogen-bond acceptors (Lipinski definition) is 7. The maximum Gasteiger partial charge on any atom is 0.319 e. The van der Waals surface area contributed by atoms with Crippen LogP contribution in [-0.4, -0.2) is 71.1 Å². The first-order chi connectivity index (χ1) is 13.7. The molecular formula is C21H30N4O4. The Morgan fingerprint density at radius 2 is 1.38 bits per heavy atom. The molecule has 0 saturated carbocycles. The summed E-state index contributed by atoms with van der Waals surface area (Å²) in [7, 11) is 5.01. The lowest BCUT2D eigenvalue weighted by molar-refractivity contribution is -0.141. The summed E-state index contributed by atoms with van der Waals surface area (Å²) < 4.78 is 4.58. The topological polar surface area (TPSA) is 95.9 Å². The predicted molar refractivity (Wildman–Crippen MR) is 110 cm³/mol. The number of esters is 1. The molecule has 0 atom stereocenters. The van der Waals surface area contributed by atoms with Gasteiger partial charge in [-0.1, -0.05) is 0 Å². The first-order valence-corrected chi connectivity index (χ1v) is 9.18. The average Bonchev–Trinajstić information content (AvgIpc) is 2.61. The largest absolute Gasteiger partial charge is 0.480 e. The highest BCUT2D eigenvalue weighted by Crippen LogP contribution is 2.03. The van der Waals surface area contributed by atoms with Crippen molar-refractivity contribution in [1.29, 1.82) is 0 Å². The minimum absolute atomic E-state index is 0.0373. The molecule has 0 aromatic carbocycles. The van der Waals surface area contributed by atoms with Crippen molar-refractivity contribution in [3.05, 3.63) is 59.2 Å². The standard InChI is InChI=1S/C11H16N2O2.C10H14N2O2/c1-9-4-5-12-10(6-9)7-13(2)8-11(14)15-3;1-8-3-4-11-9(5-8)6-12(2)7-10(13)14/h4-6H,7-8H2,1-3H3;3-5H,6-7H2,1-2H3,(H,13,14). The lowest BCUT2D eigenvalue weighted by Gasteiger charge is -2.14. The number of aromatic nitrogens is 2. The van der Waals surface area contributed by atoms with E-state index in [-0.39, 0.29) is 19.1 Å². The number of aryl methyl sites for hydroxylation is 2. The van der Waals surface area contributed by atoms with Gasteiger partial charge in [0.2, 0.25) is 0 Å². The molecule has 8 nitrogen and oxygen atoms in total. The molecule has 0 amide bonds. The molecule has 0 radical (unpaired) electrons. The molecule has 0 aliphatic carbocycles. The molecule has 1 N–H and O–H groups in total. The van der Waals surface area contributed by atoms with E-state index >= 15 is 0 Å². The van der Waals surface area contributed by atoms with Crippen LogP contribution in [0.5, 0.6) is 0 Å². The van der Waals surface area contributed by atoms with Crippen molar-refractivity contribution in [2.24, 2.45) is 0 Å². The Balaban J connectivity index is 0.000000291. The SMILES string of the molecule is COC(=O)CN(C)Cc1cc(C)ccn1.Cc1ccnc(CN(C)CC(=O)O)c1. The van der Waals surface area contributed by atoms with Crippen LogP contribution in [0.3, 0.4) is 0 Å². The third kappa shape index (κ3) is 10.9. The van der Waals surface area contributed by atoms with Gasteiger partial charge in [-0.25, -0.2) is 0 Å². The number of methoxy groups -OCH3 is 1. The van der Waals surface area contributed by atoms with E-state index in [9.17, 15) is 9.59 Å². The van der Waals surface area contributed by atoms with Crippen LogP contribution in [-0.2, 0) is 27.4 Å². The fraction of sp³-hybridized carbons (Fsp3) is 0.429. The summed E-state index contributed by atoms with van der Waals surface area (Å²) in [5.74, 6) is -1.05. The van der Waals surface area contributed by atoms with Gasteiger partial charge in [0.25, 0.3) is 0 Å². The molecule has 2 aromatic rings. The maximum absolute atomic E-state index is 11.0. The van der Waals surface area contributed by atoms with Crippen molar-refractivity contribution in [1.82, 2.24) is 19.8 Å². The van der Waals surface area contributed by atoms with Gasteiger partial charge < -0.3 is 9.84 Å². The molecule has 0 saturated heterocycles. The van der Waals surface area contributed by atoms with Crippen molar-refractivity contribution in [3.63, 3.8) is 0 Å². The molecule has 2 heterocycles. The zero-order valence-electron chi connectivity index (χ0n) is 17.8. The van der Waals surface area contributed by atoms with E-state index in [0.29, 0.717) is 13.1 Å². The second kappa shape index (κ2) is 12.6. The van der Waals surface area contributed by atoms with Crippen LogP contribution in [0.2, 0.25) is 0 Å². The first-order valence-electron chi connectivity index (χ1n) is 9.18. The summed E-state index contributed by atoms with van der Waals surface area (Å²) in [5.41, 5.74) is 4.17. The lowest BCUT2D eigenvalue weighted by Crippen LogP contribution is -2.26. The van der Waals surface area contributed by atoms with Crippen LogP contribution >= 0.6 is 0 Å². The number of aliphatic carboxylic acids is 1. The minimum Gasteiger partial charge on any atom is -0.480 e. The van der Waals surface area contributed by atoms with Gasteiger partial charge in [-0.05, 0) is 63.3 Å². The summed E-state index contributed by atoms with van der Waals surface area (Å²) in [4.78, 5) is 33.4. The fourth-order valence-corrected chi connectivity index (χ4v) is 2.55. The summed E-state index contributed by atoms with van der Waals surface area (Å²) in [6.07, 6.45) is 3.51. The Bertz CT molecular complexity index is 798. The highest BCUT2D eigenvalue weighted by molar-refractivity contribution is 5.71. The van der Waals surface area contributed by atoms with E-state index in [1.165, 1.54) is 12.7 Å². The van der Waals surface area contributed by atoms with Gasteiger partial charge in [-0.3, -0.25) is 29.4 Å². The highest BCUT2D eigenvalue weighted by Gasteiger charge is 2.07. The minimum atomic E-state index is -0.819. The Kier molecular flexibility index (Phi) is 10.5. The molecular weight excluding hydrogens is 372 g/mol. The van der Waals surface area contributed by atoms with E-state index in [2.05, 4.69) is 14.7 Å². The van der Waals surface area contributed by atoms with Crippen LogP contribution < -0.4 is 0 Å². The molecule has 2 rings (SSSR count). The van der Waals surface area contributed by atoms with Crippen LogP contribution in [0.15, 0.2) is 36.7 Å². The van der Waals surface area contributed by atoms with Gasteiger partial charge in [0, 0.05) is 25.5 Å². The molecule has 0 fully saturated rings. The number of pyridine rings is 2. The van der Waals surface area contributed by atoms with Gasteiger partial charge in [0.05, 0.1) is 31.6 Å². The quantitative estimate of drug-likeness (QED) is 0.669. The van der Waals surface area contributed by atoms with E-state index in [4.69, 9.17) is 5.11 Å². The molecule has 0 aliphatic rings. The Labute approximate surface area is 172 Å². The second-order valence-corrected chi connectivity index (χ2v) is 6.96. The zero-order chi connectivity index (χ0) is 21.8. The zero-order valence-corrected chi connectivity index (χ0v) is 17.8. The van der Waals surface area contributed by atoms with E-state index < -0.39 is 5.97 Å². The fourth-order valence-electron chi connectivity index (χ4n) is 2.55. The summed E-state index contributed by atoms with van der Waals surface area (Å²) in [5, 5.41) is 8.55. The molecule has 0 unspecified atom stereocenters. The van der Waals surface area contributed by atoms with Gasteiger partial charge in [-0.15, -0.1) is 0 Å². The van der Waals surface area contributed by atoms with Crippen LogP contribution in [0.4, 0.5) is 0 Å². The van der Waals surface area contributed by atoms with E-state index in [0.717, 1.165) is 17.0 Å². The van der Waals surface area contributed by atoms with E-state index in [1.807, 2.05) is 50.1 Å². The Hall–Kier alpha value is -2.84. The molecule has 29 heavy (non-hydrogen) atoms. The highest BCUT2D eigenvalue weighted by atomic mass is 16.5. The number of carbonyl (C=O) groups excluding carboxylic acids is 1. The molecule has 0 bridgehead atoms. The average molecular weight is 402 g/mol. The molecule has 0 aliphatic heterocycles. The number of likely N-dealkylation sites (N-methyl/N-ethyl adjacent to an activating group) is 2. The van der Waals surface area contributed by atoms with Crippen molar-refractivity contribution in [2.45, 2.75) is 26.9 Å². The summed E-state index contributed by atoms with van der Waals surface area (Å²) in [6, 6.07) is 7.83. The summed E-state index contributed by atoms with van der Waals surface area (Å²) >= 11 is 0. The first kappa shape index (κ1) is 24.2. The monoisotopic (exact) mass is 402 g/mol. The number of carboxylic acid groups (broad SMARTS) is 1. The Morgan fingerprint density at radius 3 is 1.76 bits per heavy atom. The number of nitrogens with zero attached hydrogens (tertiary/aromatic N) is 4. The van der Waals surface area contributed by atoms with Crippen molar-refractivity contribution in [2.75, 3.05) is 34.3 Å². The molecule has 158 valence electrons. The molecule has 2 aromatic heterocycles. The van der Waals surface area contributed by atoms with Crippen molar-refractivity contribution >= 4 is 11.9 Å². The molecule has 0 spiro atoms. The van der Waals surface area contributed by atoms with Gasteiger partial charge in [0.1, 0.15) is 0 Å². The number of carbonyl (C=O) groups is 2. The maximum atomic E-state index is 11.0. The third-order valence-electron chi connectivity index (χ3n) is 3.84. The predicted octanol–water partition coefficient (Wildman–Crippen LogP) is 1.90. The smallest absolute Gasteiger partial charge is 0.319 e. The van der Waals surface area contributed by atoms with Crippen molar-refractivity contribution < 1.29 is 19.4 Å². The van der Waals surface area contributed by atoms with Gasteiger partial charge in [-0.2, -0.15) is 0 Å². The number of rotatable bonds is 8. The van der Waals surface area contributed by atoms with Crippen molar-refractivity contribution in [3.8, 4) is 0 Å². The van der Waals surface area contributed by atoms with Gasteiger partial charge in [0.15, 0.2) is 0 Å². The number of ether oxygens (including phenoxy) is 1. The van der Waals surface area contributed by atoms with Crippen LogP contribution in [0, 0.1) is 13.8 Å². The Morgan fingerprint density at radius 1 is 0.931 bits per heavy atom. The summed E-state index contributed by atoms with van der Waals surface area (Å²) in [6.45, 7) is 5.54. The lowest BCUT2D eigenvalue weighted by atomic mass is 10.2.